The van der Waals surface area contributed by atoms with Gasteiger partial charge in [0, 0.05) is 6.42 Å². The lowest BCUT2D eigenvalue weighted by molar-refractivity contribution is -0.139. The molecule has 110 valence electrons. The van der Waals surface area contributed by atoms with Gasteiger partial charge < -0.3 is 5.11 Å². The second-order valence-electron chi connectivity index (χ2n) is 5.44. The quantitative estimate of drug-likeness (QED) is 0.891. The minimum atomic E-state index is -4.31. The maximum Gasteiger partial charge on any atom is 0.416 e. The molecule has 0 atom stereocenters. The van der Waals surface area contributed by atoms with Crippen LogP contribution in [-0.4, -0.2) is 11.1 Å². The van der Waals surface area contributed by atoms with Gasteiger partial charge in [0.1, 0.15) is 0 Å². The maximum absolute atomic E-state index is 12.7. The van der Waals surface area contributed by atoms with Gasteiger partial charge in [-0.3, -0.25) is 4.79 Å². The fourth-order valence-corrected chi connectivity index (χ4v) is 2.92. The molecule has 0 spiro atoms. The fraction of sp³-hybridized carbons (Fsp3) is 0.533. The fourth-order valence-electron chi connectivity index (χ4n) is 2.92. The van der Waals surface area contributed by atoms with Gasteiger partial charge >= 0.3 is 12.1 Å². The number of rotatable bonds is 3. The highest BCUT2D eigenvalue weighted by Crippen LogP contribution is 2.39. The van der Waals surface area contributed by atoms with Crippen LogP contribution in [0.15, 0.2) is 24.3 Å². The molecule has 1 fully saturated rings. The summed E-state index contributed by atoms with van der Waals surface area (Å²) in [6.45, 7) is 0. The molecule has 0 radical (unpaired) electrons. The van der Waals surface area contributed by atoms with Gasteiger partial charge in [-0.15, -0.1) is 0 Å². The topological polar surface area (TPSA) is 37.3 Å². The van der Waals surface area contributed by atoms with E-state index in [4.69, 9.17) is 5.11 Å². The predicted octanol–water partition coefficient (Wildman–Crippen LogP) is 4.45. The van der Waals surface area contributed by atoms with Crippen molar-refractivity contribution in [2.24, 2.45) is 5.92 Å². The Labute approximate surface area is 115 Å². The van der Waals surface area contributed by atoms with Crippen molar-refractivity contribution in [3.05, 3.63) is 35.4 Å². The van der Waals surface area contributed by atoms with Gasteiger partial charge in [0.05, 0.1) is 5.56 Å². The number of benzene rings is 1. The van der Waals surface area contributed by atoms with Gasteiger partial charge in [0.15, 0.2) is 0 Å². The predicted molar refractivity (Wildman–Crippen MR) is 68.4 cm³/mol. The van der Waals surface area contributed by atoms with Crippen molar-refractivity contribution in [3.8, 4) is 0 Å². The van der Waals surface area contributed by atoms with E-state index in [9.17, 15) is 18.0 Å². The van der Waals surface area contributed by atoms with Crippen LogP contribution in [0.2, 0.25) is 0 Å². The highest BCUT2D eigenvalue weighted by molar-refractivity contribution is 5.67. The minimum absolute atomic E-state index is 0.113. The molecule has 0 amide bonds. The molecule has 20 heavy (non-hydrogen) atoms. The maximum atomic E-state index is 12.7. The highest BCUT2D eigenvalue weighted by Gasteiger charge is 2.31. The Hall–Kier alpha value is -1.52. The van der Waals surface area contributed by atoms with Crippen molar-refractivity contribution < 1.29 is 23.1 Å². The van der Waals surface area contributed by atoms with Crippen LogP contribution >= 0.6 is 0 Å². The van der Waals surface area contributed by atoms with E-state index in [1.807, 2.05) is 0 Å². The molecule has 2 rings (SSSR count). The number of hydrogen-bond donors (Lipinski definition) is 1. The molecule has 1 aromatic carbocycles. The van der Waals surface area contributed by atoms with E-state index in [2.05, 4.69) is 0 Å². The summed E-state index contributed by atoms with van der Waals surface area (Å²) in [5.41, 5.74) is 0.108. The van der Waals surface area contributed by atoms with Crippen molar-refractivity contribution >= 4 is 5.97 Å². The second kappa shape index (κ2) is 5.85. The lowest BCUT2D eigenvalue weighted by Gasteiger charge is -2.28. The molecule has 0 bridgehead atoms. The summed E-state index contributed by atoms with van der Waals surface area (Å²) in [7, 11) is 0. The summed E-state index contributed by atoms with van der Waals surface area (Å²) in [5, 5.41) is 8.75. The second-order valence-corrected chi connectivity index (χ2v) is 5.44. The van der Waals surface area contributed by atoms with Gasteiger partial charge in [-0.1, -0.05) is 18.2 Å². The molecule has 0 unspecified atom stereocenters. The molecular formula is C15H17F3O2. The molecule has 5 heteroatoms. The van der Waals surface area contributed by atoms with Crippen molar-refractivity contribution in [3.63, 3.8) is 0 Å². The molecule has 0 saturated heterocycles. The van der Waals surface area contributed by atoms with Crippen LogP contribution in [0.1, 0.15) is 49.1 Å². The van der Waals surface area contributed by atoms with Crippen molar-refractivity contribution in [1.82, 2.24) is 0 Å². The number of carboxylic acids is 1. The van der Waals surface area contributed by atoms with Crippen molar-refractivity contribution in [2.75, 3.05) is 0 Å². The molecule has 0 aliphatic heterocycles. The van der Waals surface area contributed by atoms with Crippen LogP contribution in [0.25, 0.3) is 0 Å². The van der Waals surface area contributed by atoms with Gasteiger partial charge in [0.25, 0.3) is 0 Å². The van der Waals surface area contributed by atoms with E-state index in [0.29, 0.717) is 5.56 Å². The number of alkyl halides is 3. The lowest BCUT2D eigenvalue weighted by atomic mass is 9.77. The Morgan fingerprint density at radius 1 is 1.20 bits per heavy atom. The minimum Gasteiger partial charge on any atom is -0.481 e. The van der Waals surface area contributed by atoms with Crippen LogP contribution in [0.5, 0.6) is 0 Å². The normalized spacial score (nSPS) is 23.6. The molecule has 1 aliphatic carbocycles. The third kappa shape index (κ3) is 3.74. The summed E-state index contributed by atoms with van der Waals surface area (Å²) in [4.78, 5) is 10.6. The third-order valence-corrected chi connectivity index (χ3v) is 4.00. The van der Waals surface area contributed by atoms with Crippen LogP contribution in [0.4, 0.5) is 13.2 Å². The molecular weight excluding hydrogens is 269 g/mol. The van der Waals surface area contributed by atoms with Gasteiger partial charge in [-0.2, -0.15) is 13.2 Å². The lowest BCUT2D eigenvalue weighted by Crippen LogP contribution is -2.16. The average Bonchev–Trinajstić information content (AvgIpc) is 2.38. The monoisotopic (exact) mass is 286 g/mol. The first-order valence-corrected chi connectivity index (χ1v) is 6.75. The molecule has 0 heterocycles. The smallest absolute Gasteiger partial charge is 0.416 e. The zero-order valence-corrected chi connectivity index (χ0v) is 11.0. The molecule has 0 aromatic heterocycles. The molecule has 1 saturated carbocycles. The van der Waals surface area contributed by atoms with Gasteiger partial charge in [0.2, 0.25) is 0 Å². The van der Waals surface area contributed by atoms with Crippen LogP contribution in [-0.2, 0) is 11.0 Å². The van der Waals surface area contributed by atoms with E-state index in [1.54, 1.807) is 6.07 Å². The number of carboxylic acid groups (broad SMARTS) is 1. The molecule has 1 aromatic rings. The Kier molecular flexibility index (Phi) is 4.35. The van der Waals surface area contributed by atoms with E-state index in [-0.39, 0.29) is 18.3 Å². The first-order valence-electron chi connectivity index (χ1n) is 6.75. The Morgan fingerprint density at radius 3 is 2.40 bits per heavy atom. The highest BCUT2D eigenvalue weighted by atomic mass is 19.4. The number of aliphatic carboxylic acids is 1. The zero-order valence-electron chi connectivity index (χ0n) is 11.0. The van der Waals surface area contributed by atoms with Crippen LogP contribution < -0.4 is 0 Å². The zero-order chi connectivity index (χ0) is 14.8. The summed E-state index contributed by atoms with van der Waals surface area (Å²) in [6.07, 6.45) is -1.08. The molecule has 1 aliphatic rings. The summed E-state index contributed by atoms with van der Waals surface area (Å²) >= 11 is 0. The van der Waals surface area contributed by atoms with Gasteiger partial charge in [-0.05, 0) is 49.1 Å². The largest absolute Gasteiger partial charge is 0.481 e. The first kappa shape index (κ1) is 14.9. The number of carbonyl (C=O) groups is 1. The van der Waals surface area contributed by atoms with E-state index < -0.39 is 17.7 Å². The standard InChI is InChI=1S/C15H17F3O2/c16-15(17,18)13-3-1-2-12(9-13)11-6-4-10(5-7-11)8-14(19)20/h1-3,9-11H,4-8H2,(H,19,20). The number of halogens is 3. The summed E-state index contributed by atoms with van der Waals surface area (Å²) < 4.78 is 38.0. The number of hydrogen-bond acceptors (Lipinski definition) is 1. The summed E-state index contributed by atoms with van der Waals surface area (Å²) in [6, 6.07) is 5.49. The first-order chi connectivity index (χ1) is 9.36. The van der Waals surface area contributed by atoms with Crippen molar-refractivity contribution in [2.45, 2.75) is 44.2 Å². The Morgan fingerprint density at radius 2 is 1.85 bits per heavy atom. The third-order valence-electron chi connectivity index (χ3n) is 4.00. The van der Waals surface area contributed by atoms with E-state index >= 15 is 0 Å². The Balaban J connectivity index is 2.02. The Bertz CT molecular complexity index is 474. The van der Waals surface area contributed by atoms with Crippen molar-refractivity contribution in [1.29, 1.82) is 0 Å². The van der Waals surface area contributed by atoms with Gasteiger partial charge in [-0.25, -0.2) is 0 Å². The summed E-state index contributed by atoms with van der Waals surface area (Å²) in [5.74, 6) is -0.524. The molecule has 1 N–H and O–H groups in total. The van der Waals surface area contributed by atoms with Crippen LogP contribution in [0.3, 0.4) is 0 Å². The van der Waals surface area contributed by atoms with Crippen LogP contribution in [0, 0.1) is 5.92 Å². The van der Waals surface area contributed by atoms with E-state index in [0.717, 1.165) is 31.7 Å². The average molecular weight is 286 g/mol. The SMILES string of the molecule is O=C(O)CC1CCC(c2cccc(C(F)(F)F)c2)CC1. The van der Waals surface area contributed by atoms with E-state index in [1.165, 1.54) is 12.1 Å². The molecule has 2 nitrogen and oxygen atoms in total.